The lowest BCUT2D eigenvalue weighted by atomic mass is 9.83. The van der Waals surface area contributed by atoms with Crippen molar-refractivity contribution >= 4 is 16.5 Å². The third-order valence-electron chi connectivity index (χ3n) is 2.67. The second-order valence-corrected chi connectivity index (χ2v) is 4.66. The minimum absolute atomic E-state index is 0.994. The van der Waals surface area contributed by atoms with Gasteiger partial charge in [-0.15, -0.1) is 11.3 Å². The molecule has 0 amide bonds. The number of rotatable bonds is 4. The van der Waals surface area contributed by atoms with E-state index in [0.717, 1.165) is 23.3 Å². The Morgan fingerprint density at radius 3 is 3.00 bits per heavy atom. The van der Waals surface area contributed by atoms with Crippen molar-refractivity contribution in [1.82, 2.24) is 4.98 Å². The van der Waals surface area contributed by atoms with Crippen LogP contribution in [0.2, 0.25) is 0 Å². The molecule has 0 unspecified atom stereocenters. The average Bonchev–Trinajstić information content (AvgIpc) is 2.42. The van der Waals surface area contributed by atoms with Gasteiger partial charge in [-0.2, -0.15) is 0 Å². The van der Waals surface area contributed by atoms with Gasteiger partial charge in [0.1, 0.15) is 0 Å². The Kier molecular flexibility index (Phi) is 2.83. The van der Waals surface area contributed by atoms with Crippen LogP contribution >= 0.6 is 11.3 Å². The molecule has 1 fully saturated rings. The van der Waals surface area contributed by atoms with E-state index in [1.165, 1.54) is 25.7 Å². The lowest BCUT2D eigenvalue weighted by molar-refractivity contribution is 0.303. The summed E-state index contributed by atoms with van der Waals surface area (Å²) in [6.07, 6.45) is 5.65. The highest BCUT2D eigenvalue weighted by molar-refractivity contribution is 7.13. The minimum atomic E-state index is 0.994. The van der Waals surface area contributed by atoms with Crippen molar-refractivity contribution < 1.29 is 0 Å². The zero-order chi connectivity index (χ0) is 9.10. The molecule has 1 aliphatic rings. The van der Waals surface area contributed by atoms with Crippen LogP contribution in [0.1, 0.15) is 31.4 Å². The summed E-state index contributed by atoms with van der Waals surface area (Å²) in [5, 5.41) is 6.54. The maximum atomic E-state index is 4.36. The molecule has 0 saturated heterocycles. The molecule has 2 rings (SSSR count). The number of thiazole rings is 1. The number of aromatic nitrogens is 1. The smallest absolute Gasteiger partial charge is 0.182 e. The van der Waals surface area contributed by atoms with Crippen LogP contribution in [0.15, 0.2) is 5.38 Å². The van der Waals surface area contributed by atoms with Crippen LogP contribution in [0, 0.1) is 12.8 Å². The largest absolute Gasteiger partial charge is 0.362 e. The van der Waals surface area contributed by atoms with E-state index in [1.807, 2.05) is 6.92 Å². The van der Waals surface area contributed by atoms with Crippen LogP contribution in [0.3, 0.4) is 0 Å². The lowest BCUT2D eigenvalue weighted by Gasteiger charge is -2.24. The van der Waals surface area contributed by atoms with Crippen LogP contribution in [0.5, 0.6) is 0 Å². The lowest BCUT2D eigenvalue weighted by Crippen LogP contribution is -2.15. The zero-order valence-electron chi connectivity index (χ0n) is 8.05. The number of anilines is 1. The van der Waals surface area contributed by atoms with Crippen LogP contribution in [0.4, 0.5) is 5.13 Å². The maximum Gasteiger partial charge on any atom is 0.182 e. The molecule has 1 aromatic rings. The maximum absolute atomic E-state index is 4.36. The van der Waals surface area contributed by atoms with Crippen molar-refractivity contribution in [3.63, 3.8) is 0 Å². The first-order valence-corrected chi connectivity index (χ1v) is 5.88. The quantitative estimate of drug-likeness (QED) is 0.800. The van der Waals surface area contributed by atoms with E-state index < -0.39 is 0 Å². The second kappa shape index (κ2) is 4.09. The summed E-state index contributed by atoms with van der Waals surface area (Å²) in [6.45, 7) is 3.13. The molecule has 13 heavy (non-hydrogen) atoms. The number of nitrogens with one attached hydrogen (secondary N) is 1. The van der Waals surface area contributed by atoms with Crippen molar-refractivity contribution in [3.05, 3.63) is 11.1 Å². The molecule has 1 saturated carbocycles. The molecule has 0 spiro atoms. The Bertz CT molecular complexity index is 266. The second-order valence-electron chi connectivity index (χ2n) is 3.81. The summed E-state index contributed by atoms with van der Waals surface area (Å²) in [6, 6.07) is 0. The highest BCUT2D eigenvalue weighted by Crippen LogP contribution is 2.29. The Labute approximate surface area is 83.4 Å². The predicted octanol–water partition coefficient (Wildman–Crippen LogP) is 3.05. The predicted molar refractivity (Wildman–Crippen MR) is 57.3 cm³/mol. The molecule has 3 heteroatoms. The summed E-state index contributed by atoms with van der Waals surface area (Å²) < 4.78 is 0. The number of hydrogen-bond donors (Lipinski definition) is 1. The summed E-state index contributed by atoms with van der Waals surface area (Å²) in [5.41, 5.74) is 1.12. The van der Waals surface area contributed by atoms with Gasteiger partial charge in [-0.1, -0.05) is 19.3 Å². The Morgan fingerprint density at radius 1 is 1.62 bits per heavy atom. The van der Waals surface area contributed by atoms with Crippen LogP contribution in [-0.4, -0.2) is 11.5 Å². The fraction of sp³-hybridized carbons (Fsp3) is 0.700. The Hall–Kier alpha value is -0.570. The highest BCUT2D eigenvalue weighted by Gasteiger charge is 2.16. The summed E-state index contributed by atoms with van der Waals surface area (Å²) in [7, 11) is 0. The molecular formula is C10H16N2S. The molecule has 0 atom stereocenters. The molecule has 0 radical (unpaired) electrons. The molecular weight excluding hydrogens is 180 g/mol. The topological polar surface area (TPSA) is 24.9 Å². The monoisotopic (exact) mass is 196 g/mol. The highest BCUT2D eigenvalue weighted by atomic mass is 32.1. The van der Waals surface area contributed by atoms with E-state index in [4.69, 9.17) is 0 Å². The molecule has 0 aromatic carbocycles. The standard InChI is InChI=1S/C10H16N2S/c1-8-7-13-10(12-8)11-6-5-9-3-2-4-9/h7,9H,2-6H2,1H3,(H,11,12). The first-order valence-electron chi connectivity index (χ1n) is 5.00. The summed E-state index contributed by atoms with van der Waals surface area (Å²) in [4.78, 5) is 4.36. The first-order chi connectivity index (χ1) is 6.34. The van der Waals surface area contributed by atoms with Crippen LogP contribution in [0.25, 0.3) is 0 Å². The molecule has 1 N–H and O–H groups in total. The van der Waals surface area contributed by atoms with Crippen molar-refractivity contribution in [2.75, 3.05) is 11.9 Å². The number of hydrogen-bond acceptors (Lipinski definition) is 3. The Balaban J connectivity index is 1.67. The minimum Gasteiger partial charge on any atom is -0.362 e. The Morgan fingerprint density at radius 2 is 2.46 bits per heavy atom. The number of aryl methyl sites for hydroxylation is 1. The fourth-order valence-corrected chi connectivity index (χ4v) is 2.32. The first kappa shape index (κ1) is 9.00. The van der Waals surface area contributed by atoms with Gasteiger partial charge in [0.05, 0.1) is 5.69 Å². The molecule has 2 nitrogen and oxygen atoms in total. The molecule has 1 aromatic heterocycles. The van der Waals surface area contributed by atoms with Crippen molar-refractivity contribution in [2.45, 2.75) is 32.6 Å². The molecule has 0 aliphatic heterocycles. The average molecular weight is 196 g/mol. The van der Waals surface area contributed by atoms with Gasteiger partial charge in [-0.05, 0) is 19.3 Å². The van der Waals surface area contributed by atoms with Crippen molar-refractivity contribution in [1.29, 1.82) is 0 Å². The van der Waals surface area contributed by atoms with Gasteiger partial charge in [0.25, 0.3) is 0 Å². The van der Waals surface area contributed by atoms with Crippen molar-refractivity contribution in [3.8, 4) is 0 Å². The summed E-state index contributed by atoms with van der Waals surface area (Å²) in [5.74, 6) is 0.994. The molecule has 72 valence electrons. The van der Waals surface area contributed by atoms with Gasteiger partial charge in [-0.25, -0.2) is 4.98 Å². The SMILES string of the molecule is Cc1csc(NCCC2CCC2)n1. The molecule has 1 aliphatic carbocycles. The van der Waals surface area contributed by atoms with E-state index in [2.05, 4.69) is 15.7 Å². The molecule has 0 bridgehead atoms. The van der Waals surface area contributed by atoms with E-state index >= 15 is 0 Å². The van der Waals surface area contributed by atoms with Crippen LogP contribution in [-0.2, 0) is 0 Å². The van der Waals surface area contributed by atoms with Gasteiger partial charge in [-0.3, -0.25) is 0 Å². The van der Waals surface area contributed by atoms with Gasteiger partial charge in [0.2, 0.25) is 0 Å². The van der Waals surface area contributed by atoms with E-state index in [-0.39, 0.29) is 0 Å². The van der Waals surface area contributed by atoms with Crippen LogP contribution < -0.4 is 5.32 Å². The van der Waals surface area contributed by atoms with E-state index in [9.17, 15) is 0 Å². The van der Waals surface area contributed by atoms with E-state index in [1.54, 1.807) is 11.3 Å². The molecule has 1 heterocycles. The van der Waals surface area contributed by atoms with Gasteiger partial charge < -0.3 is 5.32 Å². The third-order valence-corrected chi connectivity index (χ3v) is 3.59. The van der Waals surface area contributed by atoms with Gasteiger partial charge in [0, 0.05) is 11.9 Å². The van der Waals surface area contributed by atoms with Crippen molar-refractivity contribution in [2.24, 2.45) is 5.92 Å². The zero-order valence-corrected chi connectivity index (χ0v) is 8.86. The normalized spacial score (nSPS) is 17.0. The fourth-order valence-electron chi connectivity index (χ4n) is 1.60. The van der Waals surface area contributed by atoms with Gasteiger partial charge in [0.15, 0.2) is 5.13 Å². The van der Waals surface area contributed by atoms with Gasteiger partial charge >= 0.3 is 0 Å². The summed E-state index contributed by atoms with van der Waals surface area (Å²) >= 11 is 1.70. The van der Waals surface area contributed by atoms with E-state index in [0.29, 0.717) is 0 Å². The third kappa shape index (κ3) is 2.44. The number of nitrogens with zero attached hydrogens (tertiary/aromatic N) is 1.